The molecule has 0 spiro atoms. The number of benzene rings is 2. The van der Waals surface area contributed by atoms with E-state index in [0.29, 0.717) is 43.5 Å². The molecule has 2 rings (SSSR count). The topological polar surface area (TPSA) is 63.2 Å². The van der Waals surface area contributed by atoms with E-state index in [2.05, 4.69) is 0 Å². The highest BCUT2D eigenvalue weighted by Gasteiger charge is 2.05. The molecule has 0 heterocycles. The minimum atomic E-state index is 0.371. The third-order valence-corrected chi connectivity index (χ3v) is 3.35. The minimum Gasteiger partial charge on any atom is -0.497 e. The Morgan fingerprint density at radius 1 is 0.800 bits per heavy atom. The quantitative estimate of drug-likeness (QED) is 0.460. The molecule has 0 amide bonds. The monoisotopic (exact) mass is 346 g/mol. The molecule has 0 radical (unpaired) electrons. The van der Waals surface area contributed by atoms with Gasteiger partial charge in [0.2, 0.25) is 0 Å². The van der Waals surface area contributed by atoms with E-state index in [1.54, 1.807) is 25.3 Å². The van der Waals surface area contributed by atoms with Gasteiger partial charge in [-0.3, -0.25) is 4.79 Å². The molecule has 25 heavy (non-hydrogen) atoms. The predicted molar refractivity (Wildman–Crippen MR) is 93.2 cm³/mol. The lowest BCUT2D eigenvalue weighted by Gasteiger charge is -2.11. The predicted octanol–water partition coefficient (Wildman–Crippen LogP) is 2.99. The van der Waals surface area contributed by atoms with Crippen LogP contribution in [0, 0.1) is 0 Å². The number of carbonyl (C=O) groups excluding carboxylic acids is 1. The van der Waals surface area contributed by atoms with Gasteiger partial charge in [0.05, 0.1) is 27.4 Å². The molecule has 0 aliphatic carbocycles. The van der Waals surface area contributed by atoms with Gasteiger partial charge in [0.25, 0.3) is 0 Å². The van der Waals surface area contributed by atoms with Crippen LogP contribution in [0.1, 0.15) is 10.4 Å². The van der Waals surface area contributed by atoms with Gasteiger partial charge >= 0.3 is 0 Å². The van der Waals surface area contributed by atoms with Crippen LogP contribution < -0.4 is 18.9 Å². The summed E-state index contributed by atoms with van der Waals surface area (Å²) in [6.45, 7) is 1.67. The van der Waals surface area contributed by atoms with Crippen molar-refractivity contribution >= 4 is 6.29 Å². The van der Waals surface area contributed by atoms with Crippen molar-refractivity contribution in [1.29, 1.82) is 0 Å². The normalized spacial score (nSPS) is 10.2. The number of ether oxygens (including phenoxy) is 5. The number of aldehydes is 1. The molecule has 0 bridgehead atoms. The van der Waals surface area contributed by atoms with Gasteiger partial charge in [0.1, 0.15) is 31.0 Å². The van der Waals surface area contributed by atoms with Gasteiger partial charge in [-0.15, -0.1) is 0 Å². The van der Waals surface area contributed by atoms with Crippen molar-refractivity contribution in [2.45, 2.75) is 0 Å². The van der Waals surface area contributed by atoms with Gasteiger partial charge in [-0.1, -0.05) is 6.07 Å². The molecule has 0 aliphatic heterocycles. The van der Waals surface area contributed by atoms with Crippen LogP contribution in [0.2, 0.25) is 0 Å². The fourth-order valence-electron chi connectivity index (χ4n) is 2.10. The Labute approximate surface area is 147 Å². The lowest BCUT2D eigenvalue weighted by Crippen LogP contribution is -2.12. The third kappa shape index (κ3) is 6.00. The molecule has 0 N–H and O–H groups in total. The van der Waals surface area contributed by atoms with E-state index in [1.807, 2.05) is 24.3 Å². The van der Waals surface area contributed by atoms with E-state index in [9.17, 15) is 4.79 Å². The smallest absolute Gasteiger partial charge is 0.161 e. The Hall–Kier alpha value is -2.73. The Bertz CT molecular complexity index is 671. The van der Waals surface area contributed by atoms with Crippen LogP contribution in [-0.4, -0.2) is 46.9 Å². The molecule has 0 atom stereocenters. The molecule has 0 saturated carbocycles. The first-order valence-corrected chi connectivity index (χ1v) is 7.87. The summed E-state index contributed by atoms with van der Waals surface area (Å²) in [5.74, 6) is 2.58. The van der Waals surface area contributed by atoms with Crippen LogP contribution in [0.5, 0.6) is 23.0 Å². The maximum Gasteiger partial charge on any atom is 0.161 e. The Balaban J connectivity index is 1.64. The van der Waals surface area contributed by atoms with E-state index in [4.69, 9.17) is 23.7 Å². The molecule has 0 saturated heterocycles. The van der Waals surface area contributed by atoms with Crippen LogP contribution in [0.25, 0.3) is 0 Å². The molecule has 0 fully saturated rings. The van der Waals surface area contributed by atoms with Crippen LogP contribution >= 0.6 is 0 Å². The average molecular weight is 346 g/mol. The zero-order valence-corrected chi connectivity index (χ0v) is 14.4. The Morgan fingerprint density at radius 3 is 2.28 bits per heavy atom. The van der Waals surface area contributed by atoms with Gasteiger partial charge in [-0.2, -0.15) is 0 Å². The first-order chi connectivity index (χ1) is 12.3. The lowest BCUT2D eigenvalue weighted by atomic mass is 10.2. The highest BCUT2D eigenvalue weighted by Crippen LogP contribution is 2.27. The largest absolute Gasteiger partial charge is 0.497 e. The molecule has 0 aromatic heterocycles. The van der Waals surface area contributed by atoms with Gasteiger partial charge in [-0.05, 0) is 30.3 Å². The second-order valence-corrected chi connectivity index (χ2v) is 5.02. The SMILES string of the molecule is COc1cccc(OCCOCCOc2ccc(C=O)cc2OC)c1. The standard InChI is InChI=1S/C19H22O6/c1-21-16-4-3-5-17(13-16)24-10-8-23-9-11-25-18-7-6-15(14-20)12-19(18)22-2/h3-7,12-14H,8-11H2,1-2H3. The summed E-state index contributed by atoms with van der Waals surface area (Å²) in [4.78, 5) is 10.7. The highest BCUT2D eigenvalue weighted by atomic mass is 16.6. The van der Waals surface area contributed by atoms with Crippen LogP contribution in [-0.2, 0) is 4.74 Å². The molecule has 134 valence electrons. The van der Waals surface area contributed by atoms with Gasteiger partial charge in [0, 0.05) is 11.6 Å². The third-order valence-electron chi connectivity index (χ3n) is 3.35. The summed E-state index contributed by atoms with van der Waals surface area (Å²) in [7, 11) is 3.15. The Morgan fingerprint density at radius 2 is 1.56 bits per heavy atom. The summed E-state index contributed by atoms with van der Waals surface area (Å²) in [5.41, 5.74) is 0.537. The minimum absolute atomic E-state index is 0.371. The molecule has 0 aliphatic rings. The first-order valence-electron chi connectivity index (χ1n) is 7.87. The van der Waals surface area contributed by atoms with Crippen molar-refractivity contribution < 1.29 is 28.5 Å². The molecule has 6 nitrogen and oxygen atoms in total. The molecular weight excluding hydrogens is 324 g/mol. The van der Waals surface area contributed by atoms with Gasteiger partial charge in [-0.25, -0.2) is 0 Å². The maximum absolute atomic E-state index is 10.7. The lowest BCUT2D eigenvalue weighted by molar-refractivity contribution is 0.0756. The van der Waals surface area contributed by atoms with Gasteiger partial charge in [0.15, 0.2) is 11.5 Å². The maximum atomic E-state index is 10.7. The van der Waals surface area contributed by atoms with Crippen molar-refractivity contribution in [3.63, 3.8) is 0 Å². The number of carbonyl (C=O) groups is 1. The molecule has 2 aromatic carbocycles. The van der Waals surface area contributed by atoms with E-state index in [-0.39, 0.29) is 0 Å². The summed E-state index contributed by atoms with van der Waals surface area (Å²) in [6, 6.07) is 12.4. The van der Waals surface area contributed by atoms with Crippen molar-refractivity contribution in [3.05, 3.63) is 48.0 Å². The second kappa shape index (κ2) is 10.2. The van der Waals surface area contributed by atoms with Crippen LogP contribution in [0.15, 0.2) is 42.5 Å². The fraction of sp³-hybridized carbons (Fsp3) is 0.316. The average Bonchev–Trinajstić information content (AvgIpc) is 2.67. The van der Waals surface area contributed by atoms with Crippen LogP contribution in [0.3, 0.4) is 0 Å². The van der Waals surface area contributed by atoms with E-state index < -0.39 is 0 Å². The first kappa shape index (κ1) is 18.6. The number of rotatable bonds is 11. The van der Waals surface area contributed by atoms with Crippen molar-refractivity contribution in [2.24, 2.45) is 0 Å². The zero-order valence-electron chi connectivity index (χ0n) is 14.4. The van der Waals surface area contributed by atoms with Gasteiger partial charge < -0.3 is 23.7 Å². The van der Waals surface area contributed by atoms with E-state index in [0.717, 1.165) is 17.8 Å². The second-order valence-electron chi connectivity index (χ2n) is 5.02. The van der Waals surface area contributed by atoms with Crippen LogP contribution in [0.4, 0.5) is 0 Å². The molecular formula is C19H22O6. The Kier molecular flexibility index (Phi) is 7.59. The number of hydrogen-bond acceptors (Lipinski definition) is 6. The molecule has 2 aromatic rings. The zero-order chi connectivity index (χ0) is 17.9. The molecule has 6 heteroatoms. The van der Waals surface area contributed by atoms with Crippen molar-refractivity contribution in [2.75, 3.05) is 40.6 Å². The fourth-order valence-corrected chi connectivity index (χ4v) is 2.10. The van der Waals surface area contributed by atoms with Crippen molar-refractivity contribution in [1.82, 2.24) is 0 Å². The summed E-state index contributed by atoms with van der Waals surface area (Å²) >= 11 is 0. The number of methoxy groups -OCH3 is 2. The number of hydrogen-bond donors (Lipinski definition) is 0. The van der Waals surface area contributed by atoms with E-state index >= 15 is 0 Å². The highest BCUT2D eigenvalue weighted by molar-refractivity contribution is 5.76. The molecule has 0 unspecified atom stereocenters. The summed E-state index contributed by atoms with van der Waals surface area (Å²) in [5, 5.41) is 0. The summed E-state index contributed by atoms with van der Waals surface area (Å²) < 4.78 is 27.0. The summed E-state index contributed by atoms with van der Waals surface area (Å²) in [6.07, 6.45) is 0.762. The van der Waals surface area contributed by atoms with E-state index in [1.165, 1.54) is 7.11 Å². The van der Waals surface area contributed by atoms with Crippen molar-refractivity contribution in [3.8, 4) is 23.0 Å².